The van der Waals surface area contributed by atoms with E-state index in [1.165, 1.54) is 0 Å². The third-order valence-electron chi connectivity index (χ3n) is 6.80. The molecule has 4 aromatic heterocycles. The highest BCUT2D eigenvalue weighted by Crippen LogP contribution is 2.39. The minimum absolute atomic E-state index is 0.196. The van der Waals surface area contributed by atoms with Crippen molar-refractivity contribution in [3.8, 4) is 28.3 Å². The van der Waals surface area contributed by atoms with E-state index in [4.69, 9.17) is 4.98 Å². The number of pyridine rings is 2. The molecule has 0 radical (unpaired) electrons. The maximum Gasteiger partial charge on any atom is 0.129 e. The summed E-state index contributed by atoms with van der Waals surface area (Å²) in [5, 5.41) is 28.4. The largest absolute Gasteiger partial charge is 0.393 e. The summed E-state index contributed by atoms with van der Waals surface area (Å²) in [5.41, 5.74) is 5.11. The molecule has 0 aromatic carbocycles. The number of nitriles is 1. The normalized spacial score (nSPS) is 22.4. The average molecular weight is 425 g/mol. The van der Waals surface area contributed by atoms with E-state index in [9.17, 15) is 10.4 Å². The third-order valence-corrected chi connectivity index (χ3v) is 6.80. The first kappa shape index (κ1) is 19.0. The minimum atomic E-state index is -0.196. The summed E-state index contributed by atoms with van der Waals surface area (Å²) in [5.74, 6) is 0.960. The summed E-state index contributed by atoms with van der Waals surface area (Å²) in [6.45, 7) is 0. The van der Waals surface area contributed by atoms with Gasteiger partial charge in [0.25, 0.3) is 0 Å². The maximum atomic E-state index is 10.1. The van der Waals surface area contributed by atoms with Gasteiger partial charge in [0.05, 0.1) is 29.6 Å². The first-order chi connectivity index (χ1) is 15.6. The van der Waals surface area contributed by atoms with Crippen molar-refractivity contribution in [2.75, 3.05) is 4.90 Å². The van der Waals surface area contributed by atoms with Crippen LogP contribution in [0.5, 0.6) is 0 Å². The second-order valence-corrected chi connectivity index (χ2v) is 8.83. The van der Waals surface area contributed by atoms with Crippen LogP contribution in [-0.2, 0) is 7.05 Å². The van der Waals surface area contributed by atoms with Crippen molar-refractivity contribution < 1.29 is 5.11 Å². The zero-order valence-corrected chi connectivity index (χ0v) is 17.8. The highest BCUT2D eigenvalue weighted by Gasteiger charge is 2.40. The van der Waals surface area contributed by atoms with Crippen molar-refractivity contribution >= 4 is 11.3 Å². The molecule has 8 heteroatoms. The Balaban J connectivity index is 1.43. The Morgan fingerprint density at radius 2 is 1.81 bits per heavy atom. The van der Waals surface area contributed by atoms with Crippen LogP contribution in [0.2, 0.25) is 0 Å². The van der Waals surface area contributed by atoms with Gasteiger partial charge in [-0.05, 0) is 43.9 Å². The van der Waals surface area contributed by atoms with Crippen molar-refractivity contribution in [1.82, 2.24) is 24.4 Å². The summed E-state index contributed by atoms with van der Waals surface area (Å²) in [6.07, 6.45) is 12.8. The number of aliphatic hydroxyl groups is 1. The van der Waals surface area contributed by atoms with Crippen LogP contribution in [0, 0.1) is 11.3 Å². The molecule has 3 atom stereocenters. The fraction of sp³-hybridized carbons (Fsp3) is 0.333. The molecule has 2 bridgehead atoms. The number of hydrogen-bond donors (Lipinski definition) is 1. The second-order valence-electron chi connectivity index (χ2n) is 8.83. The third kappa shape index (κ3) is 2.97. The zero-order valence-electron chi connectivity index (χ0n) is 17.8. The Labute approximate surface area is 185 Å². The lowest BCUT2D eigenvalue weighted by molar-refractivity contribution is 0.126. The zero-order chi connectivity index (χ0) is 21.8. The van der Waals surface area contributed by atoms with Gasteiger partial charge in [0, 0.05) is 60.0 Å². The van der Waals surface area contributed by atoms with Crippen LogP contribution < -0.4 is 4.90 Å². The van der Waals surface area contributed by atoms with Crippen LogP contribution >= 0.6 is 0 Å². The van der Waals surface area contributed by atoms with Crippen LogP contribution in [0.25, 0.3) is 27.8 Å². The molecule has 6 heterocycles. The van der Waals surface area contributed by atoms with E-state index in [1.54, 1.807) is 15.4 Å². The fourth-order valence-corrected chi connectivity index (χ4v) is 5.37. The molecule has 1 unspecified atom stereocenters. The molecule has 0 amide bonds. The predicted molar refractivity (Wildman–Crippen MR) is 120 cm³/mol. The van der Waals surface area contributed by atoms with E-state index in [2.05, 4.69) is 39.4 Å². The summed E-state index contributed by atoms with van der Waals surface area (Å²) < 4.78 is 3.53. The van der Waals surface area contributed by atoms with Crippen molar-refractivity contribution in [2.45, 2.75) is 43.9 Å². The summed E-state index contributed by atoms with van der Waals surface area (Å²) in [4.78, 5) is 7.20. The van der Waals surface area contributed by atoms with Gasteiger partial charge < -0.3 is 10.0 Å². The number of aryl methyl sites for hydroxylation is 1. The lowest BCUT2D eigenvalue weighted by atomic mass is 9.99. The Bertz CT molecular complexity index is 1330. The van der Waals surface area contributed by atoms with Crippen molar-refractivity contribution in [3.05, 3.63) is 54.7 Å². The SMILES string of the molecule is Cn1cc(-c2cc(-c3ccc(N4C5CC[C@H]4C[C@@H](O)C5)nc3)c3c(C#N)cnn3c2)cn1. The molecule has 2 aliphatic rings. The highest BCUT2D eigenvalue weighted by molar-refractivity contribution is 5.87. The number of hydrogen-bond acceptors (Lipinski definition) is 6. The number of rotatable bonds is 3. The van der Waals surface area contributed by atoms with Gasteiger partial charge in [-0.25, -0.2) is 9.50 Å². The summed E-state index contributed by atoms with van der Waals surface area (Å²) >= 11 is 0. The second kappa shape index (κ2) is 7.18. The number of fused-ring (bicyclic) bond motifs is 3. The number of aromatic nitrogens is 5. The van der Waals surface area contributed by atoms with Gasteiger partial charge in [-0.2, -0.15) is 15.5 Å². The molecule has 2 aliphatic heterocycles. The lowest BCUT2D eigenvalue weighted by Crippen LogP contribution is -2.45. The maximum absolute atomic E-state index is 10.1. The van der Waals surface area contributed by atoms with Gasteiger partial charge in [-0.1, -0.05) is 0 Å². The fourth-order valence-electron chi connectivity index (χ4n) is 5.37. The molecule has 2 saturated heterocycles. The highest BCUT2D eigenvalue weighted by atomic mass is 16.3. The summed E-state index contributed by atoms with van der Waals surface area (Å²) in [7, 11) is 1.89. The number of anilines is 1. The average Bonchev–Trinajstić information content (AvgIpc) is 3.49. The standard InChI is InChI=1S/C24H23N7O/c1-29-13-18(12-27-29)16-6-22(24-17(9-25)11-28-30(24)14-16)15-2-5-23(26-10-15)31-19-3-4-20(31)8-21(32)7-19/h2,5-6,10-14,19-21,32H,3-4,7-8H2,1H3/t19-,20?,21+/m0/s1. The predicted octanol–water partition coefficient (Wildman–Crippen LogP) is 3.16. The van der Waals surface area contributed by atoms with Gasteiger partial charge in [-0.15, -0.1) is 0 Å². The first-order valence-corrected chi connectivity index (χ1v) is 10.9. The van der Waals surface area contributed by atoms with Crippen LogP contribution in [0.3, 0.4) is 0 Å². The van der Waals surface area contributed by atoms with Crippen LogP contribution in [0.15, 0.2) is 49.2 Å². The Morgan fingerprint density at radius 1 is 1.00 bits per heavy atom. The number of nitrogens with zero attached hydrogens (tertiary/aromatic N) is 7. The molecular weight excluding hydrogens is 402 g/mol. The molecule has 6 rings (SSSR count). The monoisotopic (exact) mass is 425 g/mol. The van der Waals surface area contributed by atoms with Gasteiger partial charge >= 0.3 is 0 Å². The summed E-state index contributed by atoms with van der Waals surface area (Å²) in [6, 6.07) is 9.20. The van der Waals surface area contributed by atoms with Crippen LogP contribution in [0.4, 0.5) is 5.82 Å². The first-order valence-electron chi connectivity index (χ1n) is 10.9. The van der Waals surface area contributed by atoms with E-state index in [0.29, 0.717) is 17.6 Å². The van der Waals surface area contributed by atoms with Gasteiger partial charge in [0.15, 0.2) is 0 Å². The van der Waals surface area contributed by atoms with Crippen molar-refractivity contribution in [2.24, 2.45) is 7.05 Å². The number of piperidine rings is 1. The topological polar surface area (TPSA) is 95.3 Å². The number of aliphatic hydroxyl groups excluding tert-OH is 1. The Hall–Kier alpha value is -3.70. The molecule has 160 valence electrons. The quantitative estimate of drug-likeness (QED) is 0.542. The van der Waals surface area contributed by atoms with E-state index >= 15 is 0 Å². The molecule has 0 aliphatic carbocycles. The van der Waals surface area contributed by atoms with Gasteiger partial charge in [0.2, 0.25) is 0 Å². The van der Waals surface area contributed by atoms with E-state index < -0.39 is 0 Å². The van der Waals surface area contributed by atoms with E-state index in [0.717, 1.165) is 59.3 Å². The van der Waals surface area contributed by atoms with Crippen molar-refractivity contribution in [3.63, 3.8) is 0 Å². The minimum Gasteiger partial charge on any atom is -0.393 e. The smallest absolute Gasteiger partial charge is 0.129 e. The van der Waals surface area contributed by atoms with Crippen LogP contribution in [-0.4, -0.2) is 47.7 Å². The van der Waals surface area contributed by atoms with Gasteiger partial charge in [0.1, 0.15) is 11.9 Å². The van der Waals surface area contributed by atoms with Crippen molar-refractivity contribution in [1.29, 1.82) is 5.26 Å². The Morgan fingerprint density at radius 3 is 2.47 bits per heavy atom. The molecule has 0 spiro atoms. The molecule has 0 saturated carbocycles. The molecule has 1 N–H and O–H groups in total. The molecular formula is C24H23N7O. The van der Waals surface area contributed by atoms with E-state index in [-0.39, 0.29) is 6.10 Å². The molecule has 8 nitrogen and oxygen atoms in total. The van der Waals surface area contributed by atoms with Crippen LogP contribution in [0.1, 0.15) is 31.2 Å². The molecule has 2 fully saturated rings. The Kier molecular flexibility index (Phi) is 4.26. The molecule has 4 aromatic rings. The molecule has 32 heavy (non-hydrogen) atoms. The van der Waals surface area contributed by atoms with E-state index in [1.807, 2.05) is 31.8 Å². The van der Waals surface area contributed by atoms with Gasteiger partial charge in [-0.3, -0.25) is 4.68 Å². The lowest BCUT2D eigenvalue weighted by Gasteiger charge is -2.38.